The number of carbonyl (C=O) groups is 1. The molecule has 0 unspecified atom stereocenters. The maximum atomic E-state index is 10.7. The second kappa shape index (κ2) is 2.82. The lowest BCUT2D eigenvalue weighted by Crippen LogP contribution is -2.02. The first-order chi connectivity index (χ1) is 6.29. The Balaban J connectivity index is 2.83. The molecule has 2 aromatic rings. The van der Waals surface area contributed by atoms with Crippen LogP contribution < -0.4 is 0 Å². The zero-order chi connectivity index (χ0) is 9.26. The summed E-state index contributed by atoms with van der Waals surface area (Å²) in [4.78, 5) is 10.7. The van der Waals surface area contributed by atoms with Gasteiger partial charge in [0.05, 0.1) is 6.20 Å². The van der Waals surface area contributed by atoms with Crippen LogP contribution in [0, 0.1) is 0 Å². The van der Waals surface area contributed by atoms with Crippen molar-refractivity contribution in [1.82, 2.24) is 10.2 Å². The van der Waals surface area contributed by atoms with E-state index in [1.165, 1.54) is 0 Å². The van der Waals surface area contributed by atoms with E-state index in [1.807, 2.05) is 6.07 Å². The molecule has 0 aliphatic rings. The molecule has 13 heavy (non-hydrogen) atoms. The Morgan fingerprint density at radius 2 is 2.08 bits per heavy atom. The van der Waals surface area contributed by atoms with Crippen molar-refractivity contribution >= 4 is 16.7 Å². The van der Waals surface area contributed by atoms with Crippen molar-refractivity contribution in [3.8, 4) is 0 Å². The van der Waals surface area contributed by atoms with Crippen LogP contribution in [0.25, 0.3) is 10.8 Å². The first-order valence-electron chi connectivity index (χ1n) is 3.73. The second-order valence-corrected chi connectivity index (χ2v) is 2.59. The van der Waals surface area contributed by atoms with Crippen LogP contribution in [-0.2, 0) is 0 Å². The topological polar surface area (TPSA) is 63.1 Å². The van der Waals surface area contributed by atoms with Crippen molar-refractivity contribution in [2.45, 2.75) is 0 Å². The third-order valence-corrected chi connectivity index (χ3v) is 1.77. The van der Waals surface area contributed by atoms with Gasteiger partial charge < -0.3 is 5.11 Å². The number of nitrogens with zero attached hydrogens (tertiary/aromatic N) is 2. The van der Waals surface area contributed by atoms with Crippen LogP contribution in [0.3, 0.4) is 0 Å². The molecule has 2 rings (SSSR count). The molecule has 64 valence electrons. The molecule has 0 bridgehead atoms. The molecule has 0 atom stereocenters. The second-order valence-electron chi connectivity index (χ2n) is 2.59. The van der Waals surface area contributed by atoms with Gasteiger partial charge in [0, 0.05) is 10.8 Å². The van der Waals surface area contributed by atoms with Gasteiger partial charge in [-0.15, -0.1) is 5.10 Å². The van der Waals surface area contributed by atoms with Crippen LogP contribution in [0.15, 0.2) is 30.5 Å². The number of aromatic nitrogens is 2. The number of carboxylic acids is 1. The number of carboxylic acid groups (broad SMARTS) is 1. The molecule has 0 spiro atoms. The van der Waals surface area contributed by atoms with Crippen LogP contribution in [0.2, 0.25) is 0 Å². The number of rotatable bonds is 1. The Morgan fingerprint density at radius 3 is 2.85 bits per heavy atom. The van der Waals surface area contributed by atoms with Crippen molar-refractivity contribution in [1.29, 1.82) is 0 Å². The van der Waals surface area contributed by atoms with Crippen molar-refractivity contribution < 1.29 is 9.90 Å². The third kappa shape index (κ3) is 1.22. The van der Waals surface area contributed by atoms with Crippen molar-refractivity contribution in [3.63, 3.8) is 0 Å². The van der Waals surface area contributed by atoms with E-state index >= 15 is 0 Å². The van der Waals surface area contributed by atoms with Gasteiger partial charge in [-0.25, -0.2) is 4.79 Å². The highest BCUT2D eigenvalue weighted by atomic mass is 16.4. The van der Waals surface area contributed by atoms with Gasteiger partial charge in [0.15, 0.2) is 5.69 Å². The van der Waals surface area contributed by atoms with E-state index < -0.39 is 5.97 Å². The zero-order valence-corrected chi connectivity index (χ0v) is 6.64. The average Bonchev–Trinajstić information content (AvgIpc) is 2.17. The molecule has 0 saturated heterocycles. The lowest BCUT2D eigenvalue weighted by molar-refractivity contribution is 0.0691. The van der Waals surface area contributed by atoms with E-state index in [-0.39, 0.29) is 5.69 Å². The molecule has 1 N–H and O–H groups in total. The predicted molar refractivity (Wildman–Crippen MR) is 46.5 cm³/mol. The fourth-order valence-electron chi connectivity index (χ4n) is 1.19. The lowest BCUT2D eigenvalue weighted by atomic mass is 10.1. The minimum atomic E-state index is -1.05. The van der Waals surface area contributed by atoms with E-state index in [4.69, 9.17) is 5.11 Å². The summed E-state index contributed by atoms with van der Waals surface area (Å²) >= 11 is 0. The van der Waals surface area contributed by atoms with Crippen LogP contribution in [0.5, 0.6) is 0 Å². The largest absolute Gasteiger partial charge is 0.476 e. The minimum Gasteiger partial charge on any atom is -0.476 e. The van der Waals surface area contributed by atoms with Gasteiger partial charge in [-0.1, -0.05) is 24.3 Å². The van der Waals surface area contributed by atoms with E-state index in [1.54, 1.807) is 24.4 Å². The van der Waals surface area contributed by atoms with Gasteiger partial charge in [-0.3, -0.25) is 0 Å². The van der Waals surface area contributed by atoms with Crippen molar-refractivity contribution in [2.75, 3.05) is 0 Å². The van der Waals surface area contributed by atoms with Gasteiger partial charge in [-0.05, 0) is 0 Å². The molecule has 0 saturated carbocycles. The molecule has 0 radical (unpaired) electrons. The van der Waals surface area contributed by atoms with E-state index in [9.17, 15) is 4.79 Å². The van der Waals surface area contributed by atoms with Crippen LogP contribution >= 0.6 is 0 Å². The maximum Gasteiger partial charge on any atom is 0.357 e. The van der Waals surface area contributed by atoms with Crippen LogP contribution in [0.1, 0.15) is 10.5 Å². The molecule has 0 fully saturated rings. The van der Waals surface area contributed by atoms with E-state index in [2.05, 4.69) is 10.2 Å². The van der Waals surface area contributed by atoms with Gasteiger partial charge in [0.1, 0.15) is 0 Å². The fraction of sp³-hybridized carbons (Fsp3) is 0. The summed E-state index contributed by atoms with van der Waals surface area (Å²) in [5, 5.41) is 17.3. The molecule has 1 aromatic heterocycles. The number of benzene rings is 1. The summed E-state index contributed by atoms with van der Waals surface area (Å²) < 4.78 is 0. The highest BCUT2D eigenvalue weighted by molar-refractivity contribution is 6.01. The molecule has 4 nitrogen and oxygen atoms in total. The van der Waals surface area contributed by atoms with Gasteiger partial charge in [-0.2, -0.15) is 5.10 Å². The Hall–Kier alpha value is -1.97. The smallest absolute Gasteiger partial charge is 0.357 e. The molecule has 1 aromatic carbocycles. The standard InChI is InChI=1S/C9H6N2O2/c12-9(13)8-7-4-2-1-3-6(7)5-10-11-8/h1-5H,(H,12,13). The number of hydrogen-bond acceptors (Lipinski definition) is 3. The summed E-state index contributed by atoms with van der Waals surface area (Å²) in [6, 6.07) is 7.12. The Labute approximate surface area is 73.8 Å². The number of hydrogen-bond donors (Lipinski definition) is 1. The molecule has 0 aliphatic heterocycles. The maximum absolute atomic E-state index is 10.7. The van der Waals surface area contributed by atoms with Gasteiger partial charge in [0.25, 0.3) is 0 Å². The zero-order valence-electron chi connectivity index (χ0n) is 6.64. The molecule has 1 heterocycles. The van der Waals surface area contributed by atoms with E-state index in [0.717, 1.165) is 5.39 Å². The lowest BCUT2D eigenvalue weighted by Gasteiger charge is -1.98. The molecule has 0 aliphatic carbocycles. The molecule has 4 heteroatoms. The third-order valence-electron chi connectivity index (χ3n) is 1.77. The van der Waals surface area contributed by atoms with E-state index in [0.29, 0.717) is 5.39 Å². The normalized spacial score (nSPS) is 10.2. The molecular weight excluding hydrogens is 168 g/mol. The van der Waals surface area contributed by atoms with Crippen LogP contribution in [0.4, 0.5) is 0 Å². The highest BCUT2D eigenvalue weighted by Gasteiger charge is 2.09. The summed E-state index contributed by atoms with van der Waals surface area (Å²) in [5.74, 6) is -1.05. The first kappa shape index (κ1) is 7.67. The predicted octanol–water partition coefficient (Wildman–Crippen LogP) is 1.33. The van der Waals surface area contributed by atoms with Crippen molar-refractivity contribution in [3.05, 3.63) is 36.2 Å². The summed E-state index contributed by atoms with van der Waals surface area (Å²) in [5.41, 5.74) is -0.00176. The average molecular weight is 174 g/mol. The number of fused-ring (bicyclic) bond motifs is 1. The van der Waals surface area contributed by atoms with Crippen LogP contribution in [-0.4, -0.2) is 21.3 Å². The quantitative estimate of drug-likeness (QED) is 0.708. The molecular formula is C9H6N2O2. The first-order valence-corrected chi connectivity index (χ1v) is 3.73. The summed E-state index contributed by atoms with van der Waals surface area (Å²) in [7, 11) is 0. The fourth-order valence-corrected chi connectivity index (χ4v) is 1.19. The van der Waals surface area contributed by atoms with Gasteiger partial charge >= 0.3 is 5.97 Å². The SMILES string of the molecule is O=C(O)c1nncc2ccccc12. The molecule has 0 amide bonds. The Bertz CT molecular complexity index is 463. The van der Waals surface area contributed by atoms with Crippen molar-refractivity contribution in [2.24, 2.45) is 0 Å². The monoisotopic (exact) mass is 174 g/mol. The number of aromatic carboxylic acids is 1. The summed E-state index contributed by atoms with van der Waals surface area (Å²) in [6.45, 7) is 0. The Morgan fingerprint density at radius 1 is 1.31 bits per heavy atom. The summed E-state index contributed by atoms with van der Waals surface area (Å²) in [6.07, 6.45) is 1.54. The van der Waals surface area contributed by atoms with Gasteiger partial charge in [0.2, 0.25) is 0 Å². The highest BCUT2D eigenvalue weighted by Crippen LogP contribution is 2.14. The minimum absolute atomic E-state index is 0.00176. The Kier molecular flexibility index (Phi) is 1.66.